The summed E-state index contributed by atoms with van der Waals surface area (Å²) in [6.45, 7) is 5.03. The van der Waals surface area contributed by atoms with Gasteiger partial charge in [-0.25, -0.2) is 0 Å². The van der Waals surface area contributed by atoms with E-state index in [1.807, 2.05) is 4.90 Å². The number of aliphatic hydroxyl groups is 1. The molecule has 0 atom stereocenters. The Kier molecular flexibility index (Phi) is 8.44. The first-order chi connectivity index (χ1) is 12.1. The topological polar surface area (TPSA) is 77.0 Å². The lowest BCUT2D eigenvalue weighted by molar-refractivity contribution is -0.133. The Balaban J connectivity index is 0.00000243. The first kappa shape index (κ1) is 21.7. The van der Waals surface area contributed by atoms with Crippen LogP contribution in [0.3, 0.4) is 0 Å². The standard InChI is InChI=1S/C19H34N4O2.HI/c1-2-20-18(21-14-19(25)10-4-3-5-11-19)22-16-8-12-23(13-9-16)17(24)15-6-7-15;/h15-16,25H,2-14H2,1H3,(H2,20,21,22);1H. The number of hydrogen-bond acceptors (Lipinski definition) is 3. The Morgan fingerprint density at radius 2 is 1.81 bits per heavy atom. The minimum absolute atomic E-state index is 0. The third-order valence-electron chi connectivity index (χ3n) is 5.73. The maximum Gasteiger partial charge on any atom is 0.225 e. The molecule has 1 aliphatic heterocycles. The maximum absolute atomic E-state index is 12.1. The first-order valence-electron chi connectivity index (χ1n) is 10.2. The molecular formula is C19H35IN4O2. The molecule has 3 aliphatic rings. The van der Waals surface area contributed by atoms with Crippen LogP contribution >= 0.6 is 24.0 Å². The third kappa shape index (κ3) is 6.25. The van der Waals surface area contributed by atoms with Gasteiger partial charge in [0.25, 0.3) is 0 Å². The van der Waals surface area contributed by atoms with Crippen molar-refractivity contribution in [1.82, 2.24) is 15.5 Å². The quantitative estimate of drug-likeness (QED) is 0.322. The van der Waals surface area contributed by atoms with Gasteiger partial charge in [-0.2, -0.15) is 0 Å². The Morgan fingerprint density at radius 1 is 1.15 bits per heavy atom. The summed E-state index contributed by atoms with van der Waals surface area (Å²) < 4.78 is 0. The molecule has 0 aromatic carbocycles. The van der Waals surface area contributed by atoms with Crippen LogP contribution < -0.4 is 10.6 Å². The second kappa shape index (κ2) is 10.1. The largest absolute Gasteiger partial charge is 0.388 e. The molecule has 1 amide bonds. The fourth-order valence-corrected chi connectivity index (χ4v) is 3.94. The van der Waals surface area contributed by atoms with Crippen LogP contribution in [0.5, 0.6) is 0 Å². The molecule has 3 N–H and O–H groups in total. The Hall–Kier alpha value is -0.570. The summed E-state index contributed by atoms with van der Waals surface area (Å²) in [5.41, 5.74) is -0.624. The second-order valence-corrected chi connectivity index (χ2v) is 8.00. The van der Waals surface area contributed by atoms with E-state index in [0.717, 1.165) is 77.0 Å². The molecule has 1 heterocycles. The summed E-state index contributed by atoms with van der Waals surface area (Å²) in [6.07, 6.45) is 9.24. The average molecular weight is 478 g/mol. The fourth-order valence-electron chi connectivity index (χ4n) is 3.94. The molecule has 0 aromatic rings. The highest BCUT2D eigenvalue weighted by atomic mass is 127. The van der Waals surface area contributed by atoms with Crippen LogP contribution in [0.25, 0.3) is 0 Å². The van der Waals surface area contributed by atoms with Crippen LogP contribution in [0, 0.1) is 5.92 Å². The molecule has 3 fully saturated rings. The highest BCUT2D eigenvalue weighted by Crippen LogP contribution is 2.32. The molecule has 0 unspecified atom stereocenters. The van der Waals surface area contributed by atoms with Gasteiger partial charge >= 0.3 is 0 Å². The first-order valence-corrected chi connectivity index (χ1v) is 10.2. The summed E-state index contributed by atoms with van der Waals surface area (Å²) in [4.78, 5) is 18.8. The molecular weight excluding hydrogens is 443 g/mol. The van der Waals surface area contributed by atoms with Gasteiger partial charge in [0.15, 0.2) is 5.96 Å². The smallest absolute Gasteiger partial charge is 0.225 e. The van der Waals surface area contributed by atoms with E-state index in [2.05, 4.69) is 22.5 Å². The number of piperidine rings is 1. The second-order valence-electron chi connectivity index (χ2n) is 8.00. The molecule has 150 valence electrons. The third-order valence-corrected chi connectivity index (χ3v) is 5.73. The molecule has 2 saturated carbocycles. The van der Waals surface area contributed by atoms with Crippen LogP contribution in [-0.2, 0) is 4.79 Å². The van der Waals surface area contributed by atoms with Gasteiger partial charge in [0.05, 0.1) is 12.1 Å². The van der Waals surface area contributed by atoms with Crippen LogP contribution in [0.4, 0.5) is 0 Å². The Morgan fingerprint density at radius 3 is 2.38 bits per heavy atom. The van der Waals surface area contributed by atoms with Crippen molar-refractivity contribution in [1.29, 1.82) is 0 Å². The number of nitrogens with one attached hydrogen (secondary N) is 2. The van der Waals surface area contributed by atoms with Gasteiger partial charge in [0.2, 0.25) is 5.91 Å². The van der Waals surface area contributed by atoms with Crippen molar-refractivity contribution in [3.05, 3.63) is 0 Å². The zero-order valence-corrected chi connectivity index (χ0v) is 18.3. The molecule has 3 rings (SSSR count). The lowest BCUT2D eigenvalue weighted by atomic mass is 9.85. The van der Waals surface area contributed by atoms with Crippen molar-refractivity contribution < 1.29 is 9.90 Å². The predicted octanol–water partition coefficient (Wildman–Crippen LogP) is 2.26. The van der Waals surface area contributed by atoms with E-state index in [1.165, 1.54) is 6.42 Å². The van der Waals surface area contributed by atoms with Crippen LogP contribution in [-0.4, -0.2) is 59.7 Å². The van der Waals surface area contributed by atoms with E-state index in [4.69, 9.17) is 0 Å². The molecule has 2 aliphatic carbocycles. The summed E-state index contributed by atoms with van der Waals surface area (Å²) in [5, 5.41) is 17.4. The molecule has 0 bridgehead atoms. The highest BCUT2D eigenvalue weighted by molar-refractivity contribution is 14.0. The molecule has 26 heavy (non-hydrogen) atoms. The fraction of sp³-hybridized carbons (Fsp3) is 0.895. The van der Waals surface area contributed by atoms with Crippen molar-refractivity contribution in [2.45, 2.75) is 76.4 Å². The maximum atomic E-state index is 12.1. The zero-order chi connectivity index (χ0) is 17.7. The van der Waals surface area contributed by atoms with Gasteiger partial charge in [-0.1, -0.05) is 19.3 Å². The number of carbonyl (C=O) groups excluding carboxylic acids is 1. The minimum atomic E-state index is -0.624. The van der Waals surface area contributed by atoms with E-state index >= 15 is 0 Å². The monoisotopic (exact) mass is 478 g/mol. The van der Waals surface area contributed by atoms with Crippen molar-refractivity contribution in [3.8, 4) is 0 Å². The van der Waals surface area contributed by atoms with Gasteiger partial charge in [-0.15, -0.1) is 24.0 Å². The summed E-state index contributed by atoms with van der Waals surface area (Å²) in [7, 11) is 0. The number of halogens is 1. The van der Waals surface area contributed by atoms with E-state index in [-0.39, 0.29) is 24.0 Å². The lowest BCUT2D eigenvalue weighted by Crippen LogP contribution is -2.50. The van der Waals surface area contributed by atoms with Crippen LogP contribution in [0.2, 0.25) is 0 Å². The number of likely N-dealkylation sites (tertiary alicyclic amines) is 1. The molecule has 7 heteroatoms. The molecule has 1 saturated heterocycles. The highest BCUT2D eigenvalue weighted by Gasteiger charge is 2.35. The Labute approximate surface area is 174 Å². The van der Waals surface area contributed by atoms with Gasteiger partial charge in [0, 0.05) is 31.6 Å². The summed E-state index contributed by atoms with van der Waals surface area (Å²) in [5.74, 6) is 1.48. The molecule has 6 nitrogen and oxygen atoms in total. The van der Waals surface area contributed by atoms with Gasteiger partial charge in [0.1, 0.15) is 0 Å². The number of amides is 1. The number of hydrogen-bond donors (Lipinski definition) is 3. The average Bonchev–Trinajstić information content (AvgIpc) is 3.46. The van der Waals surface area contributed by atoms with Crippen LogP contribution in [0.1, 0.15) is 64.7 Å². The van der Waals surface area contributed by atoms with Gasteiger partial charge < -0.3 is 20.6 Å². The molecule has 0 aromatic heterocycles. The predicted molar refractivity (Wildman–Crippen MR) is 115 cm³/mol. The van der Waals surface area contributed by atoms with Gasteiger partial charge in [-0.05, 0) is 45.4 Å². The van der Waals surface area contributed by atoms with Crippen molar-refractivity contribution in [2.75, 3.05) is 26.2 Å². The number of guanidine groups is 1. The molecule has 0 spiro atoms. The van der Waals surface area contributed by atoms with E-state index in [1.54, 1.807) is 0 Å². The SMILES string of the molecule is CCNC(=NCC1(O)CCCCC1)NC1CCN(C(=O)C2CC2)CC1.I. The van der Waals surface area contributed by atoms with Crippen molar-refractivity contribution >= 4 is 35.8 Å². The normalized spacial score (nSPS) is 23.9. The summed E-state index contributed by atoms with van der Waals surface area (Å²) in [6, 6.07) is 0.349. The Bertz CT molecular complexity index is 482. The zero-order valence-electron chi connectivity index (χ0n) is 16.0. The van der Waals surface area contributed by atoms with E-state index in [0.29, 0.717) is 24.4 Å². The summed E-state index contributed by atoms with van der Waals surface area (Å²) >= 11 is 0. The van der Waals surface area contributed by atoms with Gasteiger partial charge in [-0.3, -0.25) is 9.79 Å². The van der Waals surface area contributed by atoms with Crippen molar-refractivity contribution in [2.24, 2.45) is 10.9 Å². The molecule has 0 radical (unpaired) electrons. The number of rotatable bonds is 5. The van der Waals surface area contributed by atoms with E-state index in [9.17, 15) is 9.90 Å². The number of nitrogens with zero attached hydrogens (tertiary/aromatic N) is 2. The number of aliphatic imine (C=N–C) groups is 1. The van der Waals surface area contributed by atoms with Crippen molar-refractivity contribution in [3.63, 3.8) is 0 Å². The van der Waals surface area contributed by atoms with E-state index < -0.39 is 5.60 Å². The minimum Gasteiger partial charge on any atom is -0.388 e. The number of carbonyl (C=O) groups is 1. The lowest BCUT2D eigenvalue weighted by Gasteiger charge is -2.34. The van der Waals surface area contributed by atoms with Crippen LogP contribution in [0.15, 0.2) is 4.99 Å².